The fraction of sp³-hybridized carbons (Fsp3) is 1.00. The Labute approximate surface area is 100 Å². The minimum atomic E-state index is -0.0753. The summed E-state index contributed by atoms with van der Waals surface area (Å²) in [4.78, 5) is 2.60. The second-order valence-corrected chi connectivity index (χ2v) is 6.17. The van der Waals surface area contributed by atoms with Crippen molar-refractivity contribution >= 4 is 0 Å². The second kappa shape index (κ2) is 5.05. The van der Waals surface area contributed by atoms with E-state index in [0.29, 0.717) is 12.1 Å². The van der Waals surface area contributed by atoms with Gasteiger partial charge in [-0.1, -0.05) is 26.7 Å². The lowest BCUT2D eigenvalue weighted by Gasteiger charge is -2.48. The fourth-order valence-corrected chi connectivity index (χ4v) is 3.68. The smallest absolute Gasteiger partial charge is 0.0695 e. The van der Waals surface area contributed by atoms with Crippen LogP contribution in [-0.2, 0) is 0 Å². The normalized spacial score (nSPS) is 46.9. The number of piperidine rings is 1. The van der Waals surface area contributed by atoms with E-state index >= 15 is 0 Å². The van der Waals surface area contributed by atoms with Gasteiger partial charge in [0.25, 0.3) is 0 Å². The number of hydrogen-bond donors (Lipinski definition) is 1. The minimum Gasteiger partial charge on any atom is -0.391 e. The number of hydrogen-bond acceptors (Lipinski definition) is 2. The van der Waals surface area contributed by atoms with Crippen LogP contribution in [0.2, 0.25) is 0 Å². The van der Waals surface area contributed by atoms with E-state index in [2.05, 4.69) is 25.7 Å². The van der Waals surface area contributed by atoms with Crippen LogP contribution in [-0.4, -0.2) is 34.7 Å². The summed E-state index contributed by atoms with van der Waals surface area (Å²) < 4.78 is 0. The first-order chi connectivity index (χ1) is 7.59. The molecule has 1 aliphatic heterocycles. The predicted molar refractivity (Wildman–Crippen MR) is 67.4 cm³/mol. The van der Waals surface area contributed by atoms with Gasteiger partial charge < -0.3 is 5.11 Å². The van der Waals surface area contributed by atoms with E-state index in [1.54, 1.807) is 0 Å². The lowest BCUT2D eigenvalue weighted by Crippen LogP contribution is -2.55. The van der Waals surface area contributed by atoms with Gasteiger partial charge in [0.2, 0.25) is 0 Å². The highest BCUT2D eigenvalue weighted by Crippen LogP contribution is 2.33. The van der Waals surface area contributed by atoms with Crippen LogP contribution in [0.5, 0.6) is 0 Å². The third-order valence-electron chi connectivity index (χ3n) is 4.76. The average Bonchev–Trinajstić information content (AvgIpc) is 2.24. The van der Waals surface area contributed by atoms with E-state index < -0.39 is 0 Å². The van der Waals surface area contributed by atoms with Crippen molar-refractivity contribution in [3.63, 3.8) is 0 Å². The maximum absolute atomic E-state index is 10.2. The highest BCUT2D eigenvalue weighted by molar-refractivity contribution is 4.91. The lowest BCUT2D eigenvalue weighted by molar-refractivity contribution is -0.0372. The van der Waals surface area contributed by atoms with Crippen molar-refractivity contribution in [3.05, 3.63) is 0 Å². The molecule has 2 fully saturated rings. The molecule has 16 heavy (non-hydrogen) atoms. The predicted octanol–water partition coefficient (Wildman–Crippen LogP) is 2.66. The molecule has 0 bridgehead atoms. The zero-order valence-electron chi connectivity index (χ0n) is 11.0. The van der Waals surface area contributed by atoms with Crippen LogP contribution in [0.4, 0.5) is 0 Å². The summed E-state index contributed by atoms with van der Waals surface area (Å²) in [5.74, 6) is 1.57. The third-order valence-corrected chi connectivity index (χ3v) is 4.76. The van der Waals surface area contributed by atoms with Gasteiger partial charge in [0, 0.05) is 18.6 Å². The Morgan fingerprint density at radius 1 is 1.06 bits per heavy atom. The third kappa shape index (κ3) is 2.43. The van der Waals surface area contributed by atoms with Crippen molar-refractivity contribution in [1.29, 1.82) is 0 Å². The van der Waals surface area contributed by atoms with Crippen LogP contribution >= 0.6 is 0 Å². The molecular formula is C14H27NO. The van der Waals surface area contributed by atoms with Gasteiger partial charge in [0.1, 0.15) is 0 Å². The Morgan fingerprint density at radius 2 is 1.75 bits per heavy atom. The minimum absolute atomic E-state index is 0.0753. The summed E-state index contributed by atoms with van der Waals surface area (Å²) in [5.41, 5.74) is 0. The number of aliphatic hydroxyl groups is 1. The Bertz CT molecular complexity index is 231. The highest BCUT2D eigenvalue weighted by atomic mass is 16.3. The summed E-state index contributed by atoms with van der Waals surface area (Å²) in [6.07, 6.45) is 5.99. The van der Waals surface area contributed by atoms with Crippen molar-refractivity contribution in [3.8, 4) is 0 Å². The molecule has 2 heteroatoms. The van der Waals surface area contributed by atoms with Crippen LogP contribution < -0.4 is 0 Å². The number of likely N-dealkylation sites (tertiary alicyclic amines) is 1. The van der Waals surface area contributed by atoms with Crippen molar-refractivity contribution in [1.82, 2.24) is 4.90 Å². The number of nitrogens with zero attached hydrogens (tertiary/aromatic N) is 1. The summed E-state index contributed by atoms with van der Waals surface area (Å²) in [7, 11) is 0. The van der Waals surface area contributed by atoms with Gasteiger partial charge in [-0.25, -0.2) is 0 Å². The summed E-state index contributed by atoms with van der Waals surface area (Å²) in [6, 6.07) is 1.09. The molecule has 94 valence electrons. The van der Waals surface area contributed by atoms with Gasteiger partial charge in [-0.15, -0.1) is 0 Å². The molecule has 1 N–H and O–H groups in total. The Balaban J connectivity index is 2.05. The standard InChI is InChI=1S/C14H27NO/c1-10-8-11(2)12(3)15(9-10)13-6-4-5-7-14(13)16/h10-14,16H,4-9H2,1-3H3/t10?,11?,12?,13-,14-/m1/s1. The van der Waals surface area contributed by atoms with Gasteiger partial charge in [-0.2, -0.15) is 0 Å². The molecule has 1 saturated carbocycles. The first-order valence-corrected chi connectivity index (χ1v) is 7.03. The molecule has 1 heterocycles. The van der Waals surface area contributed by atoms with E-state index in [4.69, 9.17) is 0 Å². The van der Waals surface area contributed by atoms with Crippen LogP contribution in [0.1, 0.15) is 52.9 Å². The molecule has 0 aromatic carbocycles. The van der Waals surface area contributed by atoms with E-state index in [1.807, 2.05) is 0 Å². The average molecular weight is 225 g/mol. The van der Waals surface area contributed by atoms with Gasteiger partial charge in [0.05, 0.1) is 6.10 Å². The fourth-order valence-electron chi connectivity index (χ4n) is 3.68. The quantitative estimate of drug-likeness (QED) is 0.741. The topological polar surface area (TPSA) is 23.5 Å². The highest BCUT2D eigenvalue weighted by Gasteiger charge is 2.37. The summed E-state index contributed by atoms with van der Waals surface area (Å²) in [6.45, 7) is 8.25. The second-order valence-electron chi connectivity index (χ2n) is 6.17. The molecule has 2 rings (SSSR count). The molecule has 3 unspecified atom stereocenters. The van der Waals surface area contributed by atoms with Gasteiger partial charge in [-0.3, -0.25) is 4.90 Å². The van der Waals surface area contributed by atoms with Crippen LogP contribution in [0.15, 0.2) is 0 Å². The van der Waals surface area contributed by atoms with E-state index in [9.17, 15) is 5.11 Å². The molecule has 0 spiro atoms. The molecule has 0 aromatic rings. The largest absolute Gasteiger partial charge is 0.391 e. The first kappa shape index (κ1) is 12.4. The van der Waals surface area contributed by atoms with Gasteiger partial charge in [0.15, 0.2) is 0 Å². The molecule has 1 aliphatic carbocycles. The maximum atomic E-state index is 10.2. The van der Waals surface area contributed by atoms with Crippen molar-refractivity contribution in [2.24, 2.45) is 11.8 Å². The maximum Gasteiger partial charge on any atom is 0.0695 e. The summed E-state index contributed by atoms with van der Waals surface area (Å²) >= 11 is 0. The van der Waals surface area contributed by atoms with Gasteiger partial charge in [-0.05, 0) is 38.0 Å². The molecule has 0 aromatic heterocycles. The molecule has 1 saturated heterocycles. The lowest BCUT2D eigenvalue weighted by atomic mass is 9.82. The van der Waals surface area contributed by atoms with Crippen molar-refractivity contribution in [2.45, 2.75) is 71.1 Å². The van der Waals surface area contributed by atoms with E-state index in [-0.39, 0.29) is 6.10 Å². The van der Waals surface area contributed by atoms with E-state index in [0.717, 1.165) is 18.3 Å². The van der Waals surface area contributed by atoms with Crippen LogP contribution in [0.3, 0.4) is 0 Å². The first-order valence-electron chi connectivity index (χ1n) is 7.03. The molecule has 0 amide bonds. The molecule has 2 nitrogen and oxygen atoms in total. The van der Waals surface area contributed by atoms with Crippen molar-refractivity contribution < 1.29 is 5.11 Å². The molecule has 2 aliphatic rings. The number of rotatable bonds is 1. The summed E-state index contributed by atoms with van der Waals surface area (Å²) in [5, 5.41) is 10.2. The zero-order chi connectivity index (χ0) is 11.7. The van der Waals surface area contributed by atoms with Crippen LogP contribution in [0.25, 0.3) is 0 Å². The van der Waals surface area contributed by atoms with Gasteiger partial charge >= 0.3 is 0 Å². The molecule has 5 atom stereocenters. The zero-order valence-corrected chi connectivity index (χ0v) is 11.0. The number of aliphatic hydroxyl groups excluding tert-OH is 1. The van der Waals surface area contributed by atoms with Crippen LogP contribution in [0, 0.1) is 11.8 Å². The monoisotopic (exact) mass is 225 g/mol. The SMILES string of the molecule is CC1CC(C)C(C)N([C@@H]2CCCC[C@H]2O)C1. The Kier molecular flexibility index (Phi) is 3.91. The molecular weight excluding hydrogens is 198 g/mol. The van der Waals surface area contributed by atoms with E-state index in [1.165, 1.54) is 32.2 Å². The Morgan fingerprint density at radius 3 is 2.44 bits per heavy atom. The molecule has 0 radical (unpaired) electrons. The van der Waals surface area contributed by atoms with Crippen molar-refractivity contribution in [2.75, 3.05) is 6.54 Å². The Hall–Kier alpha value is -0.0800.